The lowest BCUT2D eigenvalue weighted by atomic mass is 9.75. The van der Waals surface area contributed by atoms with E-state index < -0.39 is 0 Å². The van der Waals surface area contributed by atoms with E-state index in [-0.39, 0.29) is 10.8 Å². The maximum Gasteiger partial charge on any atom is 0.155 e. The summed E-state index contributed by atoms with van der Waals surface area (Å²) >= 11 is 1.90. The zero-order chi connectivity index (χ0) is 38.5. The fourth-order valence-electron chi connectivity index (χ4n) is 9.57. The molecule has 0 spiro atoms. The summed E-state index contributed by atoms with van der Waals surface area (Å²) in [6.07, 6.45) is 0. The van der Waals surface area contributed by atoms with Gasteiger partial charge in [-0.05, 0) is 97.0 Å². The number of ether oxygens (including phenoxy) is 1. The van der Waals surface area contributed by atoms with Crippen molar-refractivity contribution in [2.24, 2.45) is 0 Å². The normalized spacial score (nSPS) is 14.7. The van der Waals surface area contributed by atoms with Crippen molar-refractivity contribution in [2.45, 2.75) is 48.3 Å². The molecule has 3 heteroatoms. The Morgan fingerprint density at radius 1 is 0.439 bits per heavy atom. The second-order valence-electron chi connectivity index (χ2n) is 16.5. The Balaban J connectivity index is 1.11. The molecule has 2 heterocycles. The number of fused-ring (bicyclic) bond motifs is 10. The molecule has 274 valence electrons. The van der Waals surface area contributed by atoms with Crippen LogP contribution in [0.25, 0.3) is 43.4 Å². The third-order valence-corrected chi connectivity index (χ3v) is 13.8. The van der Waals surface area contributed by atoms with Crippen LogP contribution in [0.4, 0.5) is 17.1 Å². The number of nitrogens with zero attached hydrogens (tertiary/aromatic N) is 1. The Morgan fingerprint density at radius 3 is 1.72 bits per heavy atom. The quantitative estimate of drug-likeness (QED) is 0.166. The van der Waals surface area contributed by atoms with E-state index in [0.29, 0.717) is 0 Å². The van der Waals surface area contributed by atoms with Gasteiger partial charge in [-0.3, -0.25) is 0 Å². The Bertz CT molecular complexity index is 3050. The van der Waals surface area contributed by atoms with Crippen LogP contribution in [-0.4, -0.2) is 0 Å². The summed E-state index contributed by atoms with van der Waals surface area (Å²) in [5.74, 6) is 1.80. The molecule has 9 aromatic carbocycles. The molecule has 0 unspecified atom stereocenters. The van der Waals surface area contributed by atoms with Crippen molar-refractivity contribution in [1.82, 2.24) is 0 Å². The number of anilines is 3. The molecule has 0 radical (unpaired) electrons. The molecule has 2 aliphatic rings. The summed E-state index contributed by atoms with van der Waals surface area (Å²) in [7, 11) is 0. The van der Waals surface area contributed by atoms with Crippen molar-refractivity contribution in [2.75, 3.05) is 4.90 Å². The van der Waals surface area contributed by atoms with E-state index in [1.165, 1.54) is 75.5 Å². The fourth-order valence-corrected chi connectivity index (χ4v) is 11.1. The minimum atomic E-state index is -0.245. The van der Waals surface area contributed by atoms with Gasteiger partial charge in [-0.1, -0.05) is 173 Å². The molecule has 9 aromatic rings. The zero-order valence-corrected chi connectivity index (χ0v) is 33.3. The van der Waals surface area contributed by atoms with E-state index in [4.69, 9.17) is 4.74 Å². The van der Waals surface area contributed by atoms with E-state index in [2.05, 4.69) is 209 Å². The predicted molar refractivity (Wildman–Crippen MR) is 240 cm³/mol. The monoisotopic (exact) mass is 751 g/mol. The van der Waals surface area contributed by atoms with Gasteiger partial charge in [0.25, 0.3) is 0 Å². The van der Waals surface area contributed by atoms with Gasteiger partial charge in [0.15, 0.2) is 5.75 Å². The van der Waals surface area contributed by atoms with Crippen molar-refractivity contribution in [3.63, 3.8) is 0 Å². The van der Waals surface area contributed by atoms with Crippen LogP contribution in [0.3, 0.4) is 0 Å². The Hall–Kier alpha value is -6.29. The second-order valence-corrected chi connectivity index (χ2v) is 17.5. The lowest BCUT2D eigenvalue weighted by Crippen LogP contribution is -2.25. The Kier molecular flexibility index (Phi) is 7.52. The standard InChI is InChI=1S/C54H41NOS/c1-53(2)44-20-9-11-25-49(44)56-51-46(53)22-14-24-48(51)55(36-31-32-42-40-17-6-5-15-38(40)39-16-7-8-18-41(39)43(42)33-36)35-29-27-34(28-30-35)37-19-13-23-47-52(37)57-50-26-12-10-21-45(50)54(47,3)4/h5-33H,1-4H3. The summed E-state index contributed by atoms with van der Waals surface area (Å²) in [5, 5.41) is 7.54. The van der Waals surface area contributed by atoms with E-state index in [1.807, 2.05) is 11.8 Å². The first-order valence-corrected chi connectivity index (χ1v) is 20.7. The number of rotatable bonds is 4. The van der Waals surface area contributed by atoms with Crippen LogP contribution in [0.2, 0.25) is 0 Å². The van der Waals surface area contributed by atoms with Crippen LogP contribution < -0.4 is 9.64 Å². The molecular formula is C54H41NOS. The smallest absolute Gasteiger partial charge is 0.155 e. The molecule has 57 heavy (non-hydrogen) atoms. The summed E-state index contributed by atoms with van der Waals surface area (Å²) in [4.78, 5) is 5.07. The number of para-hydroxylation sites is 2. The molecular weight excluding hydrogens is 711 g/mol. The number of benzene rings is 9. The second kappa shape index (κ2) is 12.6. The molecule has 0 aromatic heterocycles. The van der Waals surface area contributed by atoms with Crippen molar-refractivity contribution in [1.29, 1.82) is 0 Å². The van der Waals surface area contributed by atoms with Crippen molar-refractivity contribution in [3.05, 3.63) is 198 Å². The molecule has 0 N–H and O–H groups in total. The average Bonchev–Trinajstić information content (AvgIpc) is 3.24. The van der Waals surface area contributed by atoms with Gasteiger partial charge in [0.05, 0.1) is 5.69 Å². The van der Waals surface area contributed by atoms with Gasteiger partial charge in [-0.2, -0.15) is 0 Å². The van der Waals surface area contributed by atoms with E-state index in [1.54, 1.807) is 0 Å². The van der Waals surface area contributed by atoms with E-state index in [0.717, 1.165) is 28.6 Å². The van der Waals surface area contributed by atoms with Crippen LogP contribution in [0.15, 0.2) is 186 Å². The number of hydrogen-bond acceptors (Lipinski definition) is 3. The minimum absolute atomic E-state index is 0.0890. The maximum absolute atomic E-state index is 6.94. The molecule has 0 saturated heterocycles. The molecule has 0 aliphatic carbocycles. The first-order chi connectivity index (χ1) is 27.8. The minimum Gasteiger partial charge on any atom is -0.455 e. The van der Waals surface area contributed by atoms with Crippen LogP contribution in [0.5, 0.6) is 11.5 Å². The molecule has 0 amide bonds. The molecule has 0 atom stereocenters. The molecule has 0 fully saturated rings. The third-order valence-electron chi connectivity index (χ3n) is 12.6. The van der Waals surface area contributed by atoms with Gasteiger partial charge in [0.2, 0.25) is 0 Å². The van der Waals surface area contributed by atoms with Crippen molar-refractivity contribution < 1.29 is 4.74 Å². The highest BCUT2D eigenvalue weighted by atomic mass is 32.2. The van der Waals surface area contributed by atoms with Gasteiger partial charge >= 0.3 is 0 Å². The summed E-state index contributed by atoms with van der Waals surface area (Å²) in [5.41, 5.74) is 10.4. The van der Waals surface area contributed by atoms with Gasteiger partial charge in [0.1, 0.15) is 5.75 Å². The molecule has 2 nitrogen and oxygen atoms in total. The maximum atomic E-state index is 6.94. The fraction of sp³-hybridized carbons (Fsp3) is 0.111. The molecule has 11 rings (SSSR count). The third kappa shape index (κ3) is 5.12. The van der Waals surface area contributed by atoms with Crippen LogP contribution >= 0.6 is 11.8 Å². The highest BCUT2D eigenvalue weighted by Gasteiger charge is 2.37. The zero-order valence-electron chi connectivity index (χ0n) is 32.5. The average molecular weight is 752 g/mol. The summed E-state index contributed by atoms with van der Waals surface area (Å²) in [6, 6.07) is 64.5. The van der Waals surface area contributed by atoms with Crippen LogP contribution in [-0.2, 0) is 10.8 Å². The first-order valence-electron chi connectivity index (χ1n) is 19.8. The largest absolute Gasteiger partial charge is 0.455 e. The molecule has 0 saturated carbocycles. The van der Waals surface area contributed by atoms with Gasteiger partial charge in [-0.15, -0.1) is 0 Å². The van der Waals surface area contributed by atoms with Crippen LogP contribution in [0.1, 0.15) is 49.9 Å². The first kappa shape index (κ1) is 34.0. The molecule has 0 bridgehead atoms. The Labute approximate surface area is 338 Å². The van der Waals surface area contributed by atoms with E-state index in [9.17, 15) is 0 Å². The lowest BCUT2D eigenvalue weighted by Gasteiger charge is -2.37. The van der Waals surface area contributed by atoms with Gasteiger partial charge < -0.3 is 9.64 Å². The van der Waals surface area contributed by atoms with Crippen molar-refractivity contribution >= 4 is 61.1 Å². The van der Waals surface area contributed by atoms with E-state index >= 15 is 0 Å². The van der Waals surface area contributed by atoms with Crippen LogP contribution in [0, 0.1) is 0 Å². The predicted octanol–water partition coefficient (Wildman–Crippen LogP) is 15.5. The highest BCUT2D eigenvalue weighted by Crippen LogP contribution is 2.55. The highest BCUT2D eigenvalue weighted by molar-refractivity contribution is 7.99. The molecule has 2 aliphatic heterocycles. The SMILES string of the molecule is CC1(C)c2ccccc2Oc2c(N(c3ccc(-c4cccc5c4Sc4ccccc4C5(C)C)cc3)c3ccc4c5ccccc5c5ccccc5c4c3)cccc21. The van der Waals surface area contributed by atoms with Crippen molar-refractivity contribution in [3.8, 4) is 22.6 Å². The van der Waals surface area contributed by atoms with Gasteiger partial charge in [-0.25, -0.2) is 0 Å². The summed E-state index contributed by atoms with van der Waals surface area (Å²) < 4.78 is 6.94. The topological polar surface area (TPSA) is 12.5 Å². The Morgan fingerprint density at radius 2 is 0.982 bits per heavy atom. The lowest BCUT2D eigenvalue weighted by molar-refractivity contribution is 0.419. The summed E-state index contributed by atoms with van der Waals surface area (Å²) in [6.45, 7) is 9.32. The van der Waals surface area contributed by atoms with Gasteiger partial charge in [0, 0.05) is 43.1 Å². The number of hydrogen-bond donors (Lipinski definition) is 0.